The topological polar surface area (TPSA) is 44.3 Å². The molecule has 144 valence electrons. The molecule has 3 aliphatic rings. The molecule has 2 saturated heterocycles. The van der Waals surface area contributed by atoms with Gasteiger partial charge in [-0.3, -0.25) is 4.90 Å². The Morgan fingerprint density at radius 2 is 1.62 bits per heavy atom. The van der Waals surface area contributed by atoms with Crippen LogP contribution in [0.4, 0.5) is 11.8 Å². The molecule has 0 unspecified atom stereocenters. The summed E-state index contributed by atoms with van der Waals surface area (Å²) in [7, 11) is 0. The number of anilines is 2. The zero-order valence-corrected chi connectivity index (χ0v) is 16.2. The predicted molar refractivity (Wildman–Crippen MR) is 108 cm³/mol. The van der Waals surface area contributed by atoms with E-state index in [0.29, 0.717) is 6.04 Å². The molecule has 1 aromatic heterocycles. The van der Waals surface area contributed by atoms with E-state index in [9.17, 15) is 0 Å². The molecule has 1 N–H and O–H groups in total. The van der Waals surface area contributed by atoms with Gasteiger partial charge in [-0.25, -0.2) is 4.98 Å². The van der Waals surface area contributed by atoms with Gasteiger partial charge in [-0.2, -0.15) is 4.98 Å². The number of hydrogen-bond donors (Lipinski definition) is 1. The fourth-order valence-corrected chi connectivity index (χ4v) is 4.98. The molecule has 0 spiro atoms. The summed E-state index contributed by atoms with van der Waals surface area (Å²) in [6.07, 6.45) is 16.8. The Labute approximate surface area is 158 Å². The van der Waals surface area contributed by atoms with E-state index >= 15 is 0 Å². The van der Waals surface area contributed by atoms with Crippen LogP contribution in [0, 0.1) is 0 Å². The maximum absolute atomic E-state index is 4.85. The van der Waals surface area contributed by atoms with E-state index in [1.807, 2.05) is 6.20 Å². The molecule has 1 aromatic rings. The Balaban J connectivity index is 1.36. The third-order valence-electron chi connectivity index (χ3n) is 6.45. The zero-order chi connectivity index (χ0) is 17.6. The molecule has 2 aliphatic heterocycles. The molecule has 5 heteroatoms. The molecule has 3 heterocycles. The van der Waals surface area contributed by atoms with Gasteiger partial charge in [-0.15, -0.1) is 0 Å². The van der Waals surface area contributed by atoms with Crippen molar-refractivity contribution < 1.29 is 0 Å². The molecule has 3 fully saturated rings. The summed E-state index contributed by atoms with van der Waals surface area (Å²) >= 11 is 0. The number of piperidine rings is 1. The number of rotatable bonds is 4. The maximum Gasteiger partial charge on any atom is 0.224 e. The SMILES string of the molecule is c1cc(N2CCCCCC2)nc(N[C@H]2CCCN(C3CCCCC3)C2)n1. The molecule has 26 heavy (non-hydrogen) atoms. The molecule has 4 rings (SSSR count). The fourth-order valence-electron chi connectivity index (χ4n) is 4.98. The minimum atomic E-state index is 0.491. The van der Waals surface area contributed by atoms with Gasteiger partial charge in [0, 0.05) is 37.9 Å². The number of likely N-dealkylation sites (tertiary alicyclic amines) is 1. The van der Waals surface area contributed by atoms with Gasteiger partial charge >= 0.3 is 0 Å². The van der Waals surface area contributed by atoms with E-state index in [1.165, 1.54) is 77.2 Å². The zero-order valence-electron chi connectivity index (χ0n) is 16.2. The van der Waals surface area contributed by atoms with Gasteiger partial charge in [0.05, 0.1) is 0 Å². The van der Waals surface area contributed by atoms with Crippen LogP contribution in [-0.4, -0.2) is 53.1 Å². The highest BCUT2D eigenvalue weighted by molar-refractivity contribution is 5.43. The van der Waals surface area contributed by atoms with Crippen molar-refractivity contribution in [3.05, 3.63) is 12.3 Å². The summed E-state index contributed by atoms with van der Waals surface area (Å²) in [6.45, 7) is 4.70. The highest BCUT2D eigenvalue weighted by atomic mass is 15.2. The van der Waals surface area contributed by atoms with Crippen LogP contribution in [-0.2, 0) is 0 Å². The van der Waals surface area contributed by atoms with Crippen LogP contribution < -0.4 is 10.2 Å². The van der Waals surface area contributed by atoms with Gasteiger partial charge < -0.3 is 10.2 Å². The molecule has 5 nitrogen and oxygen atoms in total. The maximum atomic E-state index is 4.85. The highest BCUT2D eigenvalue weighted by Gasteiger charge is 2.27. The van der Waals surface area contributed by atoms with Gasteiger partial charge in [0.25, 0.3) is 0 Å². The Bertz CT molecular complexity index is 549. The molecular formula is C21H35N5. The minimum Gasteiger partial charge on any atom is -0.356 e. The van der Waals surface area contributed by atoms with Crippen LogP contribution in [0.3, 0.4) is 0 Å². The first-order valence-electron chi connectivity index (χ1n) is 11.0. The minimum absolute atomic E-state index is 0.491. The second-order valence-electron chi connectivity index (χ2n) is 8.41. The Hall–Kier alpha value is -1.36. The Morgan fingerprint density at radius 1 is 0.846 bits per heavy atom. The lowest BCUT2D eigenvalue weighted by Gasteiger charge is -2.40. The van der Waals surface area contributed by atoms with E-state index in [0.717, 1.165) is 37.4 Å². The summed E-state index contributed by atoms with van der Waals surface area (Å²) < 4.78 is 0. The van der Waals surface area contributed by atoms with Crippen molar-refractivity contribution in [3.63, 3.8) is 0 Å². The summed E-state index contributed by atoms with van der Waals surface area (Å²) in [5.41, 5.74) is 0. The normalized spacial score (nSPS) is 26.5. The average molecular weight is 358 g/mol. The fraction of sp³-hybridized carbons (Fsp3) is 0.810. The van der Waals surface area contributed by atoms with E-state index < -0.39 is 0 Å². The van der Waals surface area contributed by atoms with Crippen LogP contribution in [0.15, 0.2) is 12.3 Å². The Kier molecular flexibility index (Phi) is 6.26. The lowest BCUT2D eigenvalue weighted by molar-refractivity contribution is 0.124. The first-order valence-corrected chi connectivity index (χ1v) is 11.0. The van der Waals surface area contributed by atoms with E-state index in [-0.39, 0.29) is 0 Å². The molecule has 0 radical (unpaired) electrons. The van der Waals surface area contributed by atoms with E-state index in [4.69, 9.17) is 4.98 Å². The van der Waals surface area contributed by atoms with Gasteiger partial charge in [-0.1, -0.05) is 32.1 Å². The van der Waals surface area contributed by atoms with Crippen molar-refractivity contribution >= 4 is 11.8 Å². The van der Waals surface area contributed by atoms with E-state index in [1.54, 1.807) is 0 Å². The highest BCUT2D eigenvalue weighted by Crippen LogP contribution is 2.26. The molecule has 1 saturated carbocycles. The van der Waals surface area contributed by atoms with Crippen LogP contribution in [0.2, 0.25) is 0 Å². The van der Waals surface area contributed by atoms with Crippen molar-refractivity contribution in [1.82, 2.24) is 14.9 Å². The van der Waals surface area contributed by atoms with Gasteiger partial charge in [0.2, 0.25) is 5.95 Å². The third kappa shape index (κ3) is 4.67. The Morgan fingerprint density at radius 3 is 2.42 bits per heavy atom. The van der Waals surface area contributed by atoms with Crippen LogP contribution in [0.25, 0.3) is 0 Å². The average Bonchev–Trinajstić information content (AvgIpc) is 2.99. The molecule has 0 amide bonds. The van der Waals surface area contributed by atoms with Crippen molar-refractivity contribution in [2.45, 2.75) is 82.7 Å². The second-order valence-corrected chi connectivity index (χ2v) is 8.41. The number of aromatic nitrogens is 2. The molecule has 1 aliphatic carbocycles. The smallest absolute Gasteiger partial charge is 0.224 e. The van der Waals surface area contributed by atoms with Crippen molar-refractivity contribution in [1.29, 1.82) is 0 Å². The second kappa shape index (κ2) is 9.03. The molecular weight excluding hydrogens is 322 g/mol. The molecule has 1 atom stereocenters. The first kappa shape index (κ1) is 18.0. The quantitative estimate of drug-likeness (QED) is 0.880. The molecule has 0 bridgehead atoms. The summed E-state index contributed by atoms with van der Waals surface area (Å²) in [5, 5.41) is 3.65. The lowest BCUT2D eigenvalue weighted by atomic mass is 9.92. The summed E-state index contributed by atoms with van der Waals surface area (Å²) in [4.78, 5) is 14.6. The lowest BCUT2D eigenvalue weighted by Crippen LogP contribution is -2.47. The summed E-state index contributed by atoms with van der Waals surface area (Å²) in [5.74, 6) is 1.92. The first-order chi connectivity index (χ1) is 12.9. The number of nitrogens with one attached hydrogen (secondary N) is 1. The summed E-state index contributed by atoms with van der Waals surface area (Å²) in [6, 6.07) is 3.38. The predicted octanol–water partition coefficient (Wildman–Crippen LogP) is 4.07. The van der Waals surface area contributed by atoms with Crippen LogP contribution in [0.1, 0.15) is 70.6 Å². The van der Waals surface area contributed by atoms with Gasteiger partial charge in [0.1, 0.15) is 5.82 Å². The van der Waals surface area contributed by atoms with Gasteiger partial charge in [-0.05, 0) is 51.1 Å². The van der Waals surface area contributed by atoms with Crippen LogP contribution in [0.5, 0.6) is 0 Å². The van der Waals surface area contributed by atoms with Crippen molar-refractivity contribution in [2.24, 2.45) is 0 Å². The standard InChI is InChI=1S/C21H35N5/c1-2-7-15-25(14-6-1)20-12-13-22-21(24-20)23-18-9-8-16-26(17-18)19-10-4-3-5-11-19/h12-13,18-19H,1-11,14-17H2,(H,22,23,24)/t18-/m0/s1. The van der Waals surface area contributed by atoms with Crippen molar-refractivity contribution in [3.8, 4) is 0 Å². The van der Waals surface area contributed by atoms with Crippen LogP contribution >= 0.6 is 0 Å². The van der Waals surface area contributed by atoms with Crippen molar-refractivity contribution in [2.75, 3.05) is 36.4 Å². The van der Waals surface area contributed by atoms with Gasteiger partial charge in [0.15, 0.2) is 0 Å². The number of nitrogens with zero attached hydrogens (tertiary/aromatic N) is 4. The number of hydrogen-bond acceptors (Lipinski definition) is 5. The largest absolute Gasteiger partial charge is 0.356 e. The monoisotopic (exact) mass is 357 g/mol. The molecule has 0 aromatic carbocycles. The third-order valence-corrected chi connectivity index (χ3v) is 6.45. The van der Waals surface area contributed by atoms with E-state index in [2.05, 4.69) is 26.2 Å².